The lowest BCUT2D eigenvalue weighted by Crippen LogP contribution is -2.48. The van der Waals surface area contributed by atoms with Gasteiger partial charge in [-0.3, -0.25) is 4.79 Å². The summed E-state index contributed by atoms with van der Waals surface area (Å²) in [4.78, 5) is 12.4. The Kier molecular flexibility index (Phi) is 4.08. The van der Waals surface area contributed by atoms with Gasteiger partial charge in [0.25, 0.3) is 0 Å². The van der Waals surface area contributed by atoms with E-state index in [1.165, 1.54) is 12.8 Å². The fraction of sp³-hybridized carbons (Fsp3) is 0.929. The van der Waals surface area contributed by atoms with Crippen molar-refractivity contribution in [2.24, 2.45) is 17.1 Å². The van der Waals surface area contributed by atoms with E-state index >= 15 is 0 Å². The maximum Gasteiger partial charge on any atom is 0.227 e. The summed E-state index contributed by atoms with van der Waals surface area (Å²) in [6.07, 6.45) is 9.08. The summed E-state index contributed by atoms with van der Waals surface area (Å²) in [7, 11) is 0. The highest BCUT2D eigenvalue weighted by Gasteiger charge is 2.40. The van der Waals surface area contributed by atoms with E-state index in [1.54, 1.807) is 0 Å². The molecule has 0 aromatic rings. The lowest BCUT2D eigenvalue weighted by Gasteiger charge is -2.32. The van der Waals surface area contributed by atoms with E-state index in [9.17, 15) is 4.79 Å². The number of hydrogen-bond donors (Lipinski definition) is 2. The number of amides is 1. The van der Waals surface area contributed by atoms with Gasteiger partial charge in [0.2, 0.25) is 5.91 Å². The van der Waals surface area contributed by atoms with Gasteiger partial charge in [0.05, 0.1) is 5.41 Å². The van der Waals surface area contributed by atoms with Crippen LogP contribution in [0.1, 0.15) is 58.3 Å². The Balaban J connectivity index is 1.87. The molecule has 0 saturated heterocycles. The Morgan fingerprint density at radius 3 is 2.35 bits per heavy atom. The lowest BCUT2D eigenvalue weighted by molar-refractivity contribution is -0.131. The smallest absolute Gasteiger partial charge is 0.227 e. The van der Waals surface area contributed by atoms with Gasteiger partial charge in [-0.1, -0.05) is 19.8 Å². The summed E-state index contributed by atoms with van der Waals surface area (Å²) in [6.45, 7) is 2.82. The van der Waals surface area contributed by atoms with Crippen LogP contribution in [0.2, 0.25) is 0 Å². The second-order valence-electron chi connectivity index (χ2n) is 6.12. The summed E-state index contributed by atoms with van der Waals surface area (Å²) in [5.41, 5.74) is 5.60. The molecule has 17 heavy (non-hydrogen) atoms. The number of nitrogens with one attached hydrogen (secondary N) is 1. The highest BCUT2D eigenvalue weighted by molar-refractivity contribution is 5.83. The molecule has 0 aromatic heterocycles. The summed E-state index contributed by atoms with van der Waals surface area (Å²) in [6, 6.07) is 0.405. The van der Waals surface area contributed by atoms with E-state index in [2.05, 4.69) is 12.2 Å². The molecule has 0 aliphatic heterocycles. The minimum atomic E-state index is -0.233. The number of carbonyl (C=O) groups excluding carboxylic acids is 1. The van der Waals surface area contributed by atoms with Crippen LogP contribution in [0.5, 0.6) is 0 Å². The number of rotatable bonds is 3. The van der Waals surface area contributed by atoms with E-state index in [-0.39, 0.29) is 11.3 Å². The van der Waals surface area contributed by atoms with Crippen molar-refractivity contribution in [2.75, 3.05) is 6.54 Å². The minimum absolute atomic E-state index is 0.233. The molecule has 0 spiro atoms. The third kappa shape index (κ3) is 2.82. The quantitative estimate of drug-likeness (QED) is 0.792. The molecule has 2 aliphatic rings. The zero-order valence-electron chi connectivity index (χ0n) is 11.0. The van der Waals surface area contributed by atoms with Crippen molar-refractivity contribution < 1.29 is 4.79 Å². The van der Waals surface area contributed by atoms with E-state index < -0.39 is 0 Å². The van der Waals surface area contributed by atoms with Crippen molar-refractivity contribution in [3.8, 4) is 0 Å². The molecule has 2 rings (SSSR count). The Morgan fingerprint density at radius 2 is 1.82 bits per heavy atom. The van der Waals surface area contributed by atoms with E-state index in [0.717, 1.165) is 44.4 Å². The number of carbonyl (C=O) groups is 1. The molecular weight excluding hydrogens is 212 g/mol. The van der Waals surface area contributed by atoms with Crippen LogP contribution in [0, 0.1) is 11.3 Å². The Morgan fingerprint density at radius 1 is 1.24 bits per heavy atom. The van der Waals surface area contributed by atoms with Gasteiger partial charge in [-0.25, -0.2) is 0 Å². The number of hydrogen-bond acceptors (Lipinski definition) is 2. The monoisotopic (exact) mass is 238 g/mol. The van der Waals surface area contributed by atoms with Crippen LogP contribution in [-0.2, 0) is 4.79 Å². The van der Waals surface area contributed by atoms with Gasteiger partial charge < -0.3 is 11.1 Å². The molecule has 0 heterocycles. The average Bonchev–Trinajstić information content (AvgIpc) is 2.82. The predicted molar refractivity (Wildman–Crippen MR) is 69.5 cm³/mol. The topological polar surface area (TPSA) is 55.1 Å². The van der Waals surface area contributed by atoms with Gasteiger partial charge >= 0.3 is 0 Å². The predicted octanol–water partition coefficient (Wildman–Crippen LogP) is 2.20. The van der Waals surface area contributed by atoms with Crippen LogP contribution in [-0.4, -0.2) is 18.5 Å². The van der Waals surface area contributed by atoms with Gasteiger partial charge in [0, 0.05) is 12.6 Å². The Bertz CT molecular complexity index is 263. The van der Waals surface area contributed by atoms with Crippen LogP contribution in [0.25, 0.3) is 0 Å². The summed E-state index contributed by atoms with van der Waals surface area (Å²) in [5, 5.41) is 3.25. The fourth-order valence-electron chi connectivity index (χ4n) is 3.32. The van der Waals surface area contributed by atoms with Crippen molar-refractivity contribution in [3.05, 3.63) is 0 Å². The molecule has 0 aromatic carbocycles. The van der Waals surface area contributed by atoms with Gasteiger partial charge in [-0.05, 0) is 44.4 Å². The van der Waals surface area contributed by atoms with Gasteiger partial charge in [0.15, 0.2) is 0 Å². The fourth-order valence-corrected chi connectivity index (χ4v) is 3.32. The van der Waals surface area contributed by atoms with E-state index in [0.29, 0.717) is 12.6 Å². The third-order valence-electron chi connectivity index (χ3n) is 4.78. The van der Waals surface area contributed by atoms with Crippen LogP contribution >= 0.6 is 0 Å². The van der Waals surface area contributed by atoms with E-state index in [1.807, 2.05) is 0 Å². The first kappa shape index (κ1) is 12.9. The first-order chi connectivity index (χ1) is 8.16. The molecule has 2 fully saturated rings. The number of nitrogens with two attached hydrogens (primary N) is 1. The first-order valence-electron chi connectivity index (χ1n) is 7.17. The maximum atomic E-state index is 12.4. The molecule has 0 atom stereocenters. The SMILES string of the molecule is CC1CCC(NC(=O)C2(CN)CCCC2)CC1. The highest BCUT2D eigenvalue weighted by Crippen LogP contribution is 2.37. The molecule has 2 aliphatic carbocycles. The third-order valence-corrected chi connectivity index (χ3v) is 4.78. The molecule has 0 bridgehead atoms. The van der Waals surface area contributed by atoms with Gasteiger partial charge in [-0.15, -0.1) is 0 Å². The molecule has 3 nitrogen and oxygen atoms in total. The molecular formula is C14H26N2O. The molecule has 98 valence electrons. The second kappa shape index (κ2) is 5.38. The van der Waals surface area contributed by atoms with Crippen molar-refractivity contribution >= 4 is 5.91 Å². The van der Waals surface area contributed by atoms with Gasteiger partial charge in [0.1, 0.15) is 0 Å². The van der Waals surface area contributed by atoms with Crippen molar-refractivity contribution in [1.29, 1.82) is 0 Å². The lowest BCUT2D eigenvalue weighted by atomic mass is 9.83. The zero-order chi connectivity index (χ0) is 12.3. The average molecular weight is 238 g/mol. The van der Waals surface area contributed by atoms with E-state index in [4.69, 9.17) is 5.73 Å². The molecule has 2 saturated carbocycles. The Hall–Kier alpha value is -0.570. The Labute approximate surface area is 105 Å². The van der Waals surface area contributed by atoms with Crippen LogP contribution in [0.15, 0.2) is 0 Å². The summed E-state index contributed by atoms with van der Waals surface area (Å²) >= 11 is 0. The molecule has 3 heteroatoms. The standard InChI is InChI=1S/C14H26N2O/c1-11-4-6-12(7-5-11)16-13(17)14(10-15)8-2-3-9-14/h11-12H,2-10,15H2,1H3,(H,16,17). The normalized spacial score (nSPS) is 32.4. The highest BCUT2D eigenvalue weighted by atomic mass is 16.2. The van der Waals surface area contributed by atoms with Crippen molar-refractivity contribution in [2.45, 2.75) is 64.3 Å². The summed E-state index contributed by atoms with van der Waals surface area (Å²) < 4.78 is 0. The van der Waals surface area contributed by atoms with Gasteiger partial charge in [-0.2, -0.15) is 0 Å². The van der Waals surface area contributed by atoms with Crippen molar-refractivity contribution in [1.82, 2.24) is 5.32 Å². The van der Waals surface area contributed by atoms with Crippen LogP contribution in [0.4, 0.5) is 0 Å². The maximum absolute atomic E-state index is 12.4. The van der Waals surface area contributed by atoms with Crippen LogP contribution in [0.3, 0.4) is 0 Å². The molecule has 3 N–H and O–H groups in total. The first-order valence-corrected chi connectivity index (χ1v) is 7.17. The summed E-state index contributed by atoms with van der Waals surface area (Å²) in [5.74, 6) is 1.06. The molecule has 1 amide bonds. The largest absolute Gasteiger partial charge is 0.353 e. The van der Waals surface area contributed by atoms with Crippen LogP contribution < -0.4 is 11.1 Å². The zero-order valence-corrected chi connectivity index (χ0v) is 11.0. The minimum Gasteiger partial charge on any atom is -0.353 e. The van der Waals surface area contributed by atoms with Crippen molar-refractivity contribution in [3.63, 3.8) is 0 Å². The molecule has 0 unspecified atom stereocenters. The second-order valence-corrected chi connectivity index (χ2v) is 6.12. The molecule has 0 radical (unpaired) electrons.